The highest BCUT2D eigenvalue weighted by Gasteiger charge is 2.41. The summed E-state index contributed by atoms with van der Waals surface area (Å²) in [5, 5.41) is 0. The van der Waals surface area contributed by atoms with E-state index in [-0.39, 0.29) is 6.04 Å². The molecule has 1 rings (SSSR count). The lowest BCUT2D eigenvalue weighted by Crippen LogP contribution is -2.47. The van der Waals surface area contributed by atoms with Gasteiger partial charge in [0.1, 0.15) is 0 Å². The smallest absolute Gasteiger partial charge is 0.373 e. The van der Waals surface area contributed by atoms with Gasteiger partial charge in [0, 0.05) is 31.4 Å². The Morgan fingerprint density at radius 1 is 0.615 bits per heavy atom. The topological polar surface area (TPSA) is 27.7 Å². The average molecular weight is 400 g/mol. The average Bonchev–Trinajstić information content (AvgIpc) is 2.65. The Morgan fingerprint density at radius 3 is 1.31 bits per heavy atom. The molecule has 0 spiro atoms. The third-order valence-electron chi connectivity index (χ3n) is 3.56. The molecule has 0 heterocycles. The Bertz CT molecular complexity index is 535. The molecule has 3 nitrogen and oxygen atoms in total. The maximum atomic E-state index is 13.9. The fourth-order valence-corrected chi connectivity index (χ4v) is 5.05. The minimum Gasteiger partial charge on any atom is -0.373 e. The van der Waals surface area contributed by atoms with E-state index in [2.05, 4.69) is 0 Å². The van der Waals surface area contributed by atoms with Gasteiger partial charge in [-0.15, -0.1) is 0 Å². The fourth-order valence-electron chi connectivity index (χ4n) is 2.26. The molecule has 0 unspecified atom stereocenters. The van der Waals surface area contributed by atoms with Crippen molar-refractivity contribution in [1.29, 1.82) is 0 Å². The quantitative estimate of drug-likeness (QED) is 0.210. The largest absolute Gasteiger partial charge is 0.501 e. The van der Waals surface area contributed by atoms with Crippen LogP contribution in [-0.4, -0.2) is 28.6 Å². The Labute approximate surface area is 151 Å². The second kappa shape index (κ2) is 11.0. The van der Waals surface area contributed by atoms with E-state index in [1.54, 1.807) is 0 Å². The monoisotopic (exact) mass is 400 g/mol. The molecule has 26 heavy (non-hydrogen) atoms. The van der Waals surface area contributed by atoms with Crippen LogP contribution in [0.3, 0.4) is 0 Å². The lowest BCUT2D eigenvalue weighted by atomic mass is 10.1. The zero-order valence-corrected chi connectivity index (χ0v) is 16.3. The first-order chi connectivity index (χ1) is 12.3. The minimum absolute atomic E-state index is 0.0780. The van der Waals surface area contributed by atoms with Crippen molar-refractivity contribution in [3.05, 3.63) is 34.6 Å². The van der Waals surface area contributed by atoms with Crippen molar-refractivity contribution in [3.8, 4) is 0 Å². The summed E-state index contributed by atoms with van der Waals surface area (Å²) in [5.74, 6) is -9.73. The number of rotatable bonds is 12. The van der Waals surface area contributed by atoms with E-state index < -0.39 is 49.9 Å². The summed E-state index contributed by atoms with van der Waals surface area (Å²) < 4.78 is 85.0. The van der Waals surface area contributed by atoms with Crippen LogP contribution in [0.4, 0.5) is 22.0 Å². The molecular weight excluding hydrogens is 375 g/mol. The maximum absolute atomic E-state index is 13.9. The predicted molar refractivity (Wildman–Crippen MR) is 89.2 cm³/mol. The molecular formula is C17H25F5O3Si. The lowest BCUT2D eigenvalue weighted by molar-refractivity contribution is 0.0592. The van der Waals surface area contributed by atoms with E-state index in [1.807, 2.05) is 20.8 Å². The number of benzene rings is 1. The molecule has 0 amide bonds. The minimum atomic E-state index is -3.31. The molecule has 0 atom stereocenters. The highest BCUT2D eigenvalue weighted by molar-refractivity contribution is 6.60. The Kier molecular flexibility index (Phi) is 9.70. The van der Waals surface area contributed by atoms with Crippen molar-refractivity contribution in [3.63, 3.8) is 0 Å². The van der Waals surface area contributed by atoms with E-state index in [9.17, 15) is 22.0 Å². The summed E-state index contributed by atoms with van der Waals surface area (Å²) in [4.78, 5) is 0. The predicted octanol–water partition coefficient (Wildman–Crippen LogP) is 5.14. The zero-order valence-electron chi connectivity index (χ0n) is 15.3. The highest BCUT2D eigenvalue weighted by atomic mass is 28.4. The van der Waals surface area contributed by atoms with E-state index in [0.717, 1.165) is 0 Å². The van der Waals surface area contributed by atoms with Crippen LogP contribution in [0.2, 0.25) is 6.04 Å². The van der Waals surface area contributed by atoms with Gasteiger partial charge < -0.3 is 13.3 Å². The molecule has 0 saturated carbocycles. The van der Waals surface area contributed by atoms with Gasteiger partial charge in [0.15, 0.2) is 23.3 Å². The second-order valence-electron chi connectivity index (χ2n) is 5.78. The number of hydrogen-bond acceptors (Lipinski definition) is 3. The third-order valence-corrected chi connectivity index (χ3v) is 6.35. The normalized spacial score (nSPS) is 12.0. The number of hydrogen-bond donors (Lipinski definition) is 0. The molecule has 0 aromatic heterocycles. The first-order valence-corrected chi connectivity index (χ1v) is 10.7. The third kappa shape index (κ3) is 5.73. The van der Waals surface area contributed by atoms with Crippen molar-refractivity contribution in [2.45, 2.75) is 52.5 Å². The molecule has 150 valence electrons. The van der Waals surface area contributed by atoms with Crippen molar-refractivity contribution < 1.29 is 35.2 Å². The lowest BCUT2D eigenvalue weighted by Gasteiger charge is -2.29. The van der Waals surface area contributed by atoms with Gasteiger partial charge in [-0.1, -0.05) is 20.8 Å². The first kappa shape index (κ1) is 23.0. The maximum Gasteiger partial charge on any atom is 0.501 e. The van der Waals surface area contributed by atoms with Crippen molar-refractivity contribution >= 4 is 8.80 Å². The molecule has 0 saturated heterocycles. The molecule has 0 fully saturated rings. The van der Waals surface area contributed by atoms with Gasteiger partial charge in [-0.3, -0.25) is 0 Å². The van der Waals surface area contributed by atoms with Gasteiger partial charge in [0.05, 0.1) is 0 Å². The van der Waals surface area contributed by atoms with Gasteiger partial charge >= 0.3 is 8.80 Å². The molecule has 0 bridgehead atoms. The van der Waals surface area contributed by atoms with E-state index in [1.165, 1.54) is 0 Å². The summed E-state index contributed by atoms with van der Waals surface area (Å²) in [7, 11) is -3.31. The fraction of sp³-hybridized carbons (Fsp3) is 0.647. The zero-order chi connectivity index (χ0) is 19.7. The van der Waals surface area contributed by atoms with Crippen molar-refractivity contribution in [2.75, 3.05) is 19.8 Å². The SMILES string of the molecule is CCCO[Si](CCc1c(F)c(F)c(F)c(F)c1F)(OCCC)OCCC. The van der Waals surface area contributed by atoms with Crippen LogP contribution in [0.1, 0.15) is 45.6 Å². The van der Waals surface area contributed by atoms with Crippen LogP contribution >= 0.6 is 0 Å². The molecule has 0 aliphatic heterocycles. The van der Waals surface area contributed by atoms with E-state index in [4.69, 9.17) is 13.3 Å². The van der Waals surface area contributed by atoms with Crippen LogP contribution in [0, 0.1) is 29.1 Å². The standard InChI is InChI=1S/C17H25F5O3Si/c1-4-8-23-26(24-9-5-2,25-10-6-3)11-7-12-13(18)15(20)17(22)16(21)14(12)19/h4-11H2,1-3H3. The van der Waals surface area contributed by atoms with Gasteiger partial charge in [-0.05, 0) is 25.7 Å². The van der Waals surface area contributed by atoms with Gasteiger partial charge in [0.2, 0.25) is 5.82 Å². The molecule has 0 N–H and O–H groups in total. The Hall–Kier alpha value is -1.03. The summed E-state index contributed by atoms with van der Waals surface area (Å²) >= 11 is 0. The molecule has 1 aromatic rings. The van der Waals surface area contributed by atoms with E-state index >= 15 is 0 Å². The summed E-state index contributed by atoms with van der Waals surface area (Å²) in [5.41, 5.74) is -0.876. The van der Waals surface area contributed by atoms with Gasteiger partial charge in [0.25, 0.3) is 0 Å². The van der Waals surface area contributed by atoms with E-state index in [0.29, 0.717) is 39.1 Å². The van der Waals surface area contributed by atoms with Crippen molar-refractivity contribution in [2.24, 2.45) is 0 Å². The van der Waals surface area contributed by atoms with Crippen LogP contribution in [0.25, 0.3) is 0 Å². The Balaban J connectivity index is 3.11. The molecule has 0 aliphatic carbocycles. The summed E-state index contributed by atoms with van der Waals surface area (Å²) in [6.07, 6.45) is 1.57. The van der Waals surface area contributed by atoms with Crippen LogP contribution < -0.4 is 0 Å². The molecule has 0 radical (unpaired) electrons. The molecule has 0 aliphatic rings. The van der Waals surface area contributed by atoms with Gasteiger partial charge in [-0.2, -0.15) is 0 Å². The highest BCUT2D eigenvalue weighted by Crippen LogP contribution is 2.27. The van der Waals surface area contributed by atoms with Gasteiger partial charge in [-0.25, -0.2) is 22.0 Å². The molecule has 1 aromatic carbocycles. The number of halogens is 5. The second-order valence-corrected chi connectivity index (χ2v) is 8.51. The summed E-state index contributed by atoms with van der Waals surface area (Å²) in [6, 6.07) is -0.0780. The van der Waals surface area contributed by atoms with Crippen LogP contribution in [0.5, 0.6) is 0 Å². The summed E-state index contributed by atoms with van der Waals surface area (Å²) in [6.45, 7) is 6.58. The van der Waals surface area contributed by atoms with Crippen LogP contribution in [0.15, 0.2) is 0 Å². The van der Waals surface area contributed by atoms with Crippen LogP contribution in [-0.2, 0) is 19.7 Å². The Morgan fingerprint density at radius 2 is 0.962 bits per heavy atom. The first-order valence-electron chi connectivity index (χ1n) is 8.75. The van der Waals surface area contributed by atoms with Crippen molar-refractivity contribution in [1.82, 2.24) is 0 Å². The molecule has 9 heteroatoms.